The van der Waals surface area contributed by atoms with Crippen molar-refractivity contribution in [3.05, 3.63) is 50.9 Å². The molecule has 0 aliphatic heterocycles. The summed E-state index contributed by atoms with van der Waals surface area (Å²) >= 11 is 7.34. The molecule has 6 heteroatoms. The minimum atomic E-state index is -0.141. The highest BCUT2D eigenvalue weighted by Gasteiger charge is 2.33. The lowest BCUT2D eigenvalue weighted by Gasteiger charge is -2.18. The van der Waals surface area contributed by atoms with E-state index in [0.717, 1.165) is 23.4 Å². The van der Waals surface area contributed by atoms with Crippen LogP contribution in [0.3, 0.4) is 0 Å². The van der Waals surface area contributed by atoms with Crippen molar-refractivity contribution >= 4 is 28.8 Å². The second-order valence-electron chi connectivity index (χ2n) is 5.17. The molecule has 0 spiro atoms. The zero-order valence-corrected chi connectivity index (χ0v) is 13.0. The molecule has 0 saturated heterocycles. The fraction of sp³-hybridized carbons (Fsp3) is 0.333. The van der Waals surface area contributed by atoms with E-state index in [1.165, 1.54) is 11.3 Å². The molecule has 1 atom stereocenters. The second-order valence-corrected chi connectivity index (χ2v) is 6.55. The van der Waals surface area contributed by atoms with Crippen molar-refractivity contribution in [3.8, 4) is 0 Å². The Bertz CT molecular complexity index is 637. The Morgan fingerprint density at radius 2 is 2.14 bits per heavy atom. The average molecular weight is 322 g/mol. The number of hydrogen-bond acceptors (Lipinski definition) is 4. The van der Waals surface area contributed by atoms with Gasteiger partial charge < -0.3 is 11.1 Å². The van der Waals surface area contributed by atoms with Crippen LogP contribution in [0.5, 0.6) is 0 Å². The first kappa shape index (κ1) is 14.5. The van der Waals surface area contributed by atoms with E-state index in [0.29, 0.717) is 23.2 Å². The van der Waals surface area contributed by atoms with E-state index in [9.17, 15) is 4.79 Å². The van der Waals surface area contributed by atoms with Gasteiger partial charge in [0.15, 0.2) is 0 Å². The zero-order chi connectivity index (χ0) is 14.8. The van der Waals surface area contributed by atoms with Crippen LogP contribution in [0.15, 0.2) is 29.6 Å². The minimum absolute atomic E-state index is 0.0257. The van der Waals surface area contributed by atoms with Gasteiger partial charge in [-0.05, 0) is 36.5 Å². The molecular weight excluding hydrogens is 306 g/mol. The number of hydrogen-bond donors (Lipinski definition) is 2. The van der Waals surface area contributed by atoms with E-state index in [4.69, 9.17) is 17.3 Å². The van der Waals surface area contributed by atoms with E-state index >= 15 is 0 Å². The fourth-order valence-corrected chi connectivity index (χ4v) is 3.08. The predicted molar refractivity (Wildman–Crippen MR) is 84.4 cm³/mol. The molecule has 1 fully saturated rings. The summed E-state index contributed by atoms with van der Waals surface area (Å²) in [6.45, 7) is 0.362. The summed E-state index contributed by atoms with van der Waals surface area (Å²) in [6.07, 6.45) is 2.28. The minimum Gasteiger partial charge on any atom is -0.344 e. The van der Waals surface area contributed by atoms with Crippen LogP contribution < -0.4 is 11.1 Å². The fourth-order valence-electron chi connectivity index (χ4n) is 2.30. The van der Waals surface area contributed by atoms with E-state index < -0.39 is 0 Å². The summed E-state index contributed by atoms with van der Waals surface area (Å²) in [5.74, 6) is 0.362. The van der Waals surface area contributed by atoms with Crippen LogP contribution in [0, 0.1) is 5.92 Å². The Hall–Kier alpha value is -1.43. The number of carbonyl (C=O) groups is 1. The molecule has 1 saturated carbocycles. The third-order valence-electron chi connectivity index (χ3n) is 3.57. The molecule has 21 heavy (non-hydrogen) atoms. The van der Waals surface area contributed by atoms with E-state index in [1.54, 1.807) is 5.38 Å². The molecule has 1 aromatic carbocycles. The standard InChI is InChI=1S/C15H16ClN3OS/c16-11-5-3-10(4-6-11)14(9-1-2-9)19-15(20)12-8-21-13(7-17)18-12/h3-6,8-9,14H,1-2,7,17H2,(H,19,20). The molecular formula is C15H16ClN3OS. The van der Waals surface area contributed by atoms with Gasteiger partial charge in [0.05, 0.1) is 6.04 Å². The molecule has 0 bridgehead atoms. The molecule has 3 N–H and O–H groups in total. The van der Waals surface area contributed by atoms with Gasteiger partial charge in [-0.3, -0.25) is 4.79 Å². The summed E-state index contributed by atoms with van der Waals surface area (Å²) in [6, 6.07) is 7.68. The van der Waals surface area contributed by atoms with E-state index in [2.05, 4.69) is 10.3 Å². The topological polar surface area (TPSA) is 68.0 Å². The summed E-state index contributed by atoms with van der Waals surface area (Å²) in [5.41, 5.74) is 7.06. The SMILES string of the molecule is NCc1nc(C(=O)NC(c2ccc(Cl)cc2)C2CC2)cs1. The van der Waals surface area contributed by atoms with Crippen molar-refractivity contribution in [2.24, 2.45) is 11.7 Å². The Morgan fingerprint density at radius 3 is 2.71 bits per heavy atom. The predicted octanol–water partition coefficient (Wildman–Crippen LogP) is 3.14. The van der Waals surface area contributed by atoms with Gasteiger partial charge in [-0.25, -0.2) is 4.98 Å². The highest BCUT2D eigenvalue weighted by Crippen LogP contribution is 2.41. The second kappa shape index (κ2) is 6.13. The van der Waals surface area contributed by atoms with Crippen LogP contribution in [0.1, 0.15) is 39.9 Å². The van der Waals surface area contributed by atoms with Crippen molar-refractivity contribution in [2.45, 2.75) is 25.4 Å². The maximum Gasteiger partial charge on any atom is 0.271 e. The number of halogens is 1. The highest BCUT2D eigenvalue weighted by atomic mass is 35.5. The summed E-state index contributed by atoms with van der Waals surface area (Å²) in [7, 11) is 0. The lowest BCUT2D eigenvalue weighted by molar-refractivity contribution is 0.0927. The summed E-state index contributed by atoms with van der Waals surface area (Å²) in [4.78, 5) is 16.6. The Balaban J connectivity index is 1.76. The molecule has 1 unspecified atom stereocenters. The van der Waals surface area contributed by atoms with Gasteiger partial charge >= 0.3 is 0 Å². The number of amides is 1. The van der Waals surface area contributed by atoms with Crippen molar-refractivity contribution < 1.29 is 4.79 Å². The van der Waals surface area contributed by atoms with Gasteiger partial charge in [-0.1, -0.05) is 23.7 Å². The van der Waals surface area contributed by atoms with Crippen molar-refractivity contribution in [1.29, 1.82) is 0 Å². The third kappa shape index (κ3) is 3.43. The van der Waals surface area contributed by atoms with Gasteiger partial charge in [-0.15, -0.1) is 11.3 Å². The van der Waals surface area contributed by atoms with Gasteiger partial charge in [0.2, 0.25) is 0 Å². The molecule has 2 aromatic rings. The first-order valence-corrected chi connectivity index (χ1v) is 8.14. The van der Waals surface area contributed by atoms with Gasteiger partial charge in [-0.2, -0.15) is 0 Å². The number of rotatable bonds is 5. The van der Waals surface area contributed by atoms with Crippen LogP contribution in [0.25, 0.3) is 0 Å². The molecule has 1 aromatic heterocycles. The first-order chi connectivity index (χ1) is 10.2. The number of benzene rings is 1. The molecule has 110 valence electrons. The quantitative estimate of drug-likeness (QED) is 0.889. The molecule has 0 radical (unpaired) electrons. The number of nitrogens with two attached hydrogens (primary N) is 1. The molecule has 3 rings (SSSR count). The lowest BCUT2D eigenvalue weighted by atomic mass is 10.0. The Morgan fingerprint density at radius 1 is 1.43 bits per heavy atom. The lowest BCUT2D eigenvalue weighted by Crippen LogP contribution is -2.30. The number of carbonyl (C=O) groups excluding carboxylic acids is 1. The van der Waals surface area contributed by atoms with E-state index in [1.807, 2.05) is 24.3 Å². The summed E-state index contributed by atoms with van der Waals surface area (Å²) in [5, 5.41) is 6.32. The Kier molecular flexibility index (Phi) is 4.24. The van der Waals surface area contributed by atoms with Crippen LogP contribution in [-0.4, -0.2) is 10.9 Å². The van der Waals surface area contributed by atoms with Gasteiger partial charge in [0.1, 0.15) is 10.7 Å². The number of thiazole rings is 1. The van der Waals surface area contributed by atoms with Gasteiger partial charge in [0.25, 0.3) is 5.91 Å². The van der Waals surface area contributed by atoms with Crippen LogP contribution in [0.2, 0.25) is 5.02 Å². The maximum atomic E-state index is 12.3. The third-order valence-corrected chi connectivity index (χ3v) is 4.69. The maximum absolute atomic E-state index is 12.3. The van der Waals surface area contributed by atoms with Crippen molar-refractivity contribution in [2.75, 3.05) is 0 Å². The van der Waals surface area contributed by atoms with E-state index in [-0.39, 0.29) is 11.9 Å². The normalized spacial score (nSPS) is 15.7. The van der Waals surface area contributed by atoms with Crippen LogP contribution in [-0.2, 0) is 6.54 Å². The number of nitrogens with one attached hydrogen (secondary N) is 1. The number of nitrogens with zero attached hydrogens (tertiary/aromatic N) is 1. The summed E-state index contributed by atoms with van der Waals surface area (Å²) < 4.78 is 0. The van der Waals surface area contributed by atoms with Gasteiger partial charge in [0, 0.05) is 16.9 Å². The highest BCUT2D eigenvalue weighted by molar-refractivity contribution is 7.09. The molecule has 1 heterocycles. The van der Waals surface area contributed by atoms with Crippen LogP contribution >= 0.6 is 22.9 Å². The number of aromatic nitrogens is 1. The molecule has 1 aliphatic carbocycles. The average Bonchev–Trinajstić information content (AvgIpc) is 3.22. The zero-order valence-electron chi connectivity index (χ0n) is 11.4. The first-order valence-electron chi connectivity index (χ1n) is 6.88. The van der Waals surface area contributed by atoms with Crippen molar-refractivity contribution in [3.63, 3.8) is 0 Å². The smallest absolute Gasteiger partial charge is 0.271 e. The monoisotopic (exact) mass is 321 g/mol. The van der Waals surface area contributed by atoms with Crippen molar-refractivity contribution in [1.82, 2.24) is 10.3 Å². The largest absolute Gasteiger partial charge is 0.344 e. The molecule has 1 aliphatic rings. The Labute approximate surface area is 132 Å². The molecule has 1 amide bonds. The van der Waals surface area contributed by atoms with Crippen LogP contribution in [0.4, 0.5) is 0 Å². The molecule has 4 nitrogen and oxygen atoms in total.